The molecule has 0 aliphatic heterocycles. The molecule has 0 fully saturated rings. The fourth-order valence-corrected chi connectivity index (χ4v) is 3.39. The number of hydrogen-bond donors (Lipinski definition) is 1. The van der Waals surface area contributed by atoms with Gasteiger partial charge in [-0.1, -0.05) is 30.7 Å². The highest BCUT2D eigenvalue weighted by molar-refractivity contribution is 7.89. The Labute approximate surface area is 119 Å². The first kappa shape index (κ1) is 16.2. The van der Waals surface area contributed by atoms with Crippen molar-refractivity contribution in [3.05, 3.63) is 40.9 Å². The molecule has 0 saturated carbocycles. The maximum Gasteiger partial charge on any atom is 0.243 e. The van der Waals surface area contributed by atoms with Crippen molar-refractivity contribution in [1.82, 2.24) is 4.31 Å². The number of hydrogen-bond acceptors (Lipinski definition) is 3. The zero-order valence-electron chi connectivity index (χ0n) is 11.1. The van der Waals surface area contributed by atoms with Gasteiger partial charge in [0.2, 0.25) is 10.0 Å². The minimum Gasteiger partial charge on any atom is -0.392 e. The predicted octanol–water partition coefficient (Wildman–Crippen LogP) is 2.42. The van der Waals surface area contributed by atoms with E-state index in [1.165, 1.54) is 22.5 Å². The van der Waals surface area contributed by atoms with E-state index in [1.54, 1.807) is 13.8 Å². The molecule has 1 aromatic carbocycles. The molecule has 0 bridgehead atoms. The number of halogens is 1. The highest BCUT2D eigenvalue weighted by Crippen LogP contribution is 2.23. The van der Waals surface area contributed by atoms with Crippen LogP contribution in [0.15, 0.2) is 35.2 Å². The summed E-state index contributed by atoms with van der Waals surface area (Å²) >= 11 is 5.86. The first-order valence-electron chi connectivity index (χ1n) is 5.86. The second-order valence-corrected chi connectivity index (χ2v) is 6.64. The predicted molar refractivity (Wildman–Crippen MR) is 76.6 cm³/mol. The first-order valence-corrected chi connectivity index (χ1v) is 7.68. The molecular formula is C13H18ClNO3S. The van der Waals surface area contributed by atoms with Crippen LogP contribution in [-0.2, 0) is 16.6 Å². The smallest absolute Gasteiger partial charge is 0.243 e. The molecule has 6 heteroatoms. The lowest BCUT2D eigenvalue weighted by Gasteiger charge is -2.21. The van der Waals surface area contributed by atoms with Gasteiger partial charge in [-0.05, 0) is 30.7 Å². The second-order valence-electron chi connectivity index (χ2n) is 4.30. The van der Waals surface area contributed by atoms with E-state index in [0.29, 0.717) is 17.1 Å². The molecule has 0 radical (unpaired) electrons. The average molecular weight is 304 g/mol. The monoisotopic (exact) mass is 303 g/mol. The first-order chi connectivity index (χ1) is 8.82. The summed E-state index contributed by atoms with van der Waals surface area (Å²) in [5.74, 6) is 0. The van der Waals surface area contributed by atoms with Crippen molar-refractivity contribution in [3.63, 3.8) is 0 Å². The molecule has 0 amide bonds. The Hall–Kier alpha value is -0.880. The van der Waals surface area contributed by atoms with Crippen LogP contribution in [0.1, 0.15) is 19.4 Å². The minimum atomic E-state index is -3.59. The van der Waals surface area contributed by atoms with Gasteiger partial charge in [0.1, 0.15) is 0 Å². The lowest BCUT2D eigenvalue weighted by Crippen LogP contribution is -2.32. The van der Waals surface area contributed by atoms with E-state index in [1.807, 2.05) is 0 Å². The number of likely N-dealkylation sites (N-methyl/N-ethyl adjacent to an activating group) is 1. The van der Waals surface area contributed by atoms with Crippen LogP contribution in [0.4, 0.5) is 0 Å². The van der Waals surface area contributed by atoms with E-state index >= 15 is 0 Å². The van der Waals surface area contributed by atoms with E-state index in [9.17, 15) is 8.42 Å². The molecule has 0 aliphatic rings. The van der Waals surface area contributed by atoms with Gasteiger partial charge in [-0.3, -0.25) is 0 Å². The molecule has 1 N–H and O–H groups in total. The lowest BCUT2D eigenvalue weighted by atomic mass is 10.2. The standard InChI is InChI=1S/C13H18ClNO3S/c1-4-15(8-10(2)3)19(17,18)12-5-6-13(14)11(7-12)9-16/h5-7,16H,2,4,8-9H2,1,3H3. The Morgan fingerprint density at radius 3 is 2.58 bits per heavy atom. The number of benzene rings is 1. The van der Waals surface area contributed by atoms with Crippen LogP contribution in [0.25, 0.3) is 0 Å². The van der Waals surface area contributed by atoms with Crippen LogP contribution >= 0.6 is 11.6 Å². The summed E-state index contributed by atoms with van der Waals surface area (Å²) in [6.07, 6.45) is 0. The van der Waals surface area contributed by atoms with E-state index in [4.69, 9.17) is 16.7 Å². The van der Waals surface area contributed by atoms with Crippen LogP contribution in [-0.4, -0.2) is 30.9 Å². The van der Waals surface area contributed by atoms with E-state index in [2.05, 4.69) is 6.58 Å². The number of aliphatic hydroxyl groups is 1. The van der Waals surface area contributed by atoms with Crippen molar-refractivity contribution < 1.29 is 13.5 Å². The third kappa shape index (κ3) is 3.79. The summed E-state index contributed by atoms with van der Waals surface area (Å²) in [5.41, 5.74) is 1.16. The second kappa shape index (κ2) is 6.52. The lowest BCUT2D eigenvalue weighted by molar-refractivity contribution is 0.281. The molecule has 106 valence electrons. The molecule has 4 nitrogen and oxygen atoms in total. The van der Waals surface area contributed by atoms with E-state index in [-0.39, 0.29) is 18.0 Å². The molecule has 1 rings (SSSR count). The Bertz CT molecular complexity index is 569. The molecule has 0 aromatic heterocycles. The molecule has 0 unspecified atom stereocenters. The summed E-state index contributed by atoms with van der Waals surface area (Å²) < 4.78 is 26.2. The van der Waals surface area contributed by atoms with Crippen molar-refractivity contribution in [1.29, 1.82) is 0 Å². The van der Waals surface area contributed by atoms with Crippen molar-refractivity contribution in [2.75, 3.05) is 13.1 Å². The van der Waals surface area contributed by atoms with Gasteiger partial charge in [0.25, 0.3) is 0 Å². The van der Waals surface area contributed by atoms with Gasteiger partial charge in [0.15, 0.2) is 0 Å². The molecule has 1 aromatic rings. The molecule has 0 atom stereocenters. The Morgan fingerprint density at radius 1 is 1.47 bits per heavy atom. The zero-order chi connectivity index (χ0) is 14.6. The van der Waals surface area contributed by atoms with Gasteiger partial charge in [0, 0.05) is 18.1 Å². The van der Waals surface area contributed by atoms with Crippen LogP contribution in [0.2, 0.25) is 5.02 Å². The van der Waals surface area contributed by atoms with Gasteiger partial charge in [-0.2, -0.15) is 4.31 Å². The minimum absolute atomic E-state index is 0.129. The van der Waals surface area contributed by atoms with E-state index in [0.717, 1.165) is 5.57 Å². The highest BCUT2D eigenvalue weighted by atomic mass is 35.5. The zero-order valence-corrected chi connectivity index (χ0v) is 12.6. The van der Waals surface area contributed by atoms with Crippen molar-refractivity contribution >= 4 is 21.6 Å². The van der Waals surface area contributed by atoms with Crippen LogP contribution < -0.4 is 0 Å². The van der Waals surface area contributed by atoms with Crippen molar-refractivity contribution in [2.24, 2.45) is 0 Å². The summed E-state index contributed by atoms with van der Waals surface area (Å²) in [7, 11) is -3.59. The van der Waals surface area contributed by atoms with Gasteiger partial charge in [-0.25, -0.2) is 8.42 Å². The van der Waals surface area contributed by atoms with Gasteiger partial charge in [0.05, 0.1) is 11.5 Å². The highest BCUT2D eigenvalue weighted by Gasteiger charge is 2.23. The molecule has 0 aliphatic carbocycles. The van der Waals surface area contributed by atoms with Crippen molar-refractivity contribution in [3.8, 4) is 0 Å². The van der Waals surface area contributed by atoms with Crippen molar-refractivity contribution in [2.45, 2.75) is 25.3 Å². The maximum atomic E-state index is 12.4. The molecule has 0 saturated heterocycles. The summed E-state index contributed by atoms with van der Waals surface area (Å²) in [6.45, 7) is 7.61. The SMILES string of the molecule is C=C(C)CN(CC)S(=O)(=O)c1ccc(Cl)c(CO)c1. The third-order valence-electron chi connectivity index (χ3n) is 2.62. The average Bonchev–Trinajstić information content (AvgIpc) is 2.35. The maximum absolute atomic E-state index is 12.4. The topological polar surface area (TPSA) is 57.6 Å². The Kier molecular flexibility index (Phi) is 5.55. The molecular weight excluding hydrogens is 286 g/mol. The fraction of sp³-hybridized carbons (Fsp3) is 0.385. The van der Waals surface area contributed by atoms with Gasteiger partial charge < -0.3 is 5.11 Å². The number of nitrogens with zero attached hydrogens (tertiary/aromatic N) is 1. The van der Waals surface area contributed by atoms with E-state index < -0.39 is 10.0 Å². The largest absolute Gasteiger partial charge is 0.392 e. The molecule has 0 spiro atoms. The van der Waals surface area contributed by atoms with Crippen LogP contribution in [0, 0.1) is 0 Å². The quantitative estimate of drug-likeness (QED) is 0.821. The van der Waals surface area contributed by atoms with Crippen LogP contribution in [0.5, 0.6) is 0 Å². The van der Waals surface area contributed by atoms with Crippen LogP contribution in [0.3, 0.4) is 0 Å². The Balaban J connectivity index is 3.21. The van der Waals surface area contributed by atoms with Gasteiger partial charge in [-0.15, -0.1) is 0 Å². The number of sulfonamides is 1. The number of rotatable bonds is 6. The molecule has 19 heavy (non-hydrogen) atoms. The summed E-state index contributed by atoms with van der Waals surface area (Å²) in [4.78, 5) is 0.129. The third-order valence-corrected chi connectivity index (χ3v) is 4.91. The van der Waals surface area contributed by atoms with Gasteiger partial charge >= 0.3 is 0 Å². The number of aliphatic hydroxyl groups excluding tert-OH is 1. The molecule has 0 heterocycles. The summed E-state index contributed by atoms with van der Waals surface area (Å²) in [6, 6.07) is 4.32. The normalized spacial score (nSPS) is 11.8. The fourth-order valence-electron chi connectivity index (χ4n) is 1.65. The summed E-state index contributed by atoms with van der Waals surface area (Å²) in [5, 5.41) is 9.49. The Morgan fingerprint density at radius 2 is 2.11 bits per heavy atom.